The van der Waals surface area contributed by atoms with Crippen molar-refractivity contribution >= 4 is 56.0 Å². The minimum Gasteiger partial charge on any atom is -0.457 e. The quantitative estimate of drug-likeness (QED) is 0.218. The first kappa shape index (κ1) is 22.0. The summed E-state index contributed by atoms with van der Waals surface area (Å²) in [4.78, 5) is 17.8. The zero-order chi connectivity index (χ0) is 22.5. The van der Waals surface area contributed by atoms with Crippen molar-refractivity contribution in [3.63, 3.8) is 0 Å². The maximum absolute atomic E-state index is 12.6. The number of hydrogen-bond acceptors (Lipinski definition) is 5. The number of nitriles is 1. The summed E-state index contributed by atoms with van der Waals surface area (Å²) in [5.41, 5.74) is 1.91. The summed E-state index contributed by atoms with van der Waals surface area (Å²) in [6.45, 7) is 0. The van der Waals surface area contributed by atoms with Crippen LogP contribution in [0.3, 0.4) is 0 Å². The summed E-state index contributed by atoms with van der Waals surface area (Å²) in [6, 6.07) is 20.6. The summed E-state index contributed by atoms with van der Waals surface area (Å²) in [5, 5.41) is 13.2. The van der Waals surface area contributed by atoms with E-state index in [4.69, 9.17) is 16.0 Å². The normalized spacial score (nSPS) is 11.2. The second kappa shape index (κ2) is 9.96. The lowest BCUT2D eigenvalue weighted by atomic mass is 10.1. The lowest BCUT2D eigenvalue weighted by Crippen LogP contribution is -2.13. The topological polar surface area (TPSA) is 78.9 Å². The summed E-state index contributed by atoms with van der Waals surface area (Å²) >= 11 is 10.7. The molecule has 158 valence electrons. The molecule has 0 aliphatic heterocycles. The van der Waals surface area contributed by atoms with Gasteiger partial charge in [-0.25, -0.2) is 4.98 Å². The van der Waals surface area contributed by atoms with E-state index in [0.29, 0.717) is 28.1 Å². The number of aromatic nitrogens is 1. The first-order chi connectivity index (χ1) is 15.5. The Morgan fingerprint density at radius 2 is 1.91 bits per heavy atom. The highest BCUT2D eigenvalue weighted by molar-refractivity contribution is 9.10. The molecule has 1 amide bonds. The van der Waals surface area contributed by atoms with Gasteiger partial charge in [0, 0.05) is 38.6 Å². The number of carbonyl (C=O) groups excluding carboxylic acids is 1. The number of halogens is 2. The van der Waals surface area contributed by atoms with Crippen molar-refractivity contribution < 1.29 is 9.21 Å². The average molecular weight is 525 g/mol. The van der Waals surface area contributed by atoms with Crippen LogP contribution in [0, 0.1) is 11.3 Å². The second-order valence-electron chi connectivity index (χ2n) is 6.77. The van der Waals surface area contributed by atoms with Crippen LogP contribution < -0.4 is 5.32 Å². The van der Waals surface area contributed by atoms with Crippen LogP contribution in [0.2, 0.25) is 5.02 Å². The van der Waals surface area contributed by atoms with Crippen molar-refractivity contribution in [1.82, 2.24) is 4.98 Å². The number of amides is 1. The highest BCUT2D eigenvalue weighted by Crippen LogP contribution is 2.26. The number of rotatable bonds is 6. The van der Waals surface area contributed by atoms with Gasteiger partial charge in [0.15, 0.2) is 5.13 Å². The number of furan rings is 1. The molecule has 8 heteroatoms. The summed E-state index contributed by atoms with van der Waals surface area (Å²) in [6.07, 6.45) is 3.84. The Balaban J connectivity index is 1.44. The highest BCUT2D eigenvalue weighted by Gasteiger charge is 2.14. The Morgan fingerprint density at radius 3 is 2.62 bits per heavy atom. The van der Waals surface area contributed by atoms with Gasteiger partial charge in [-0.1, -0.05) is 39.7 Å². The lowest BCUT2D eigenvalue weighted by molar-refractivity contribution is -0.112. The van der Waals surface area contributed by atoms with Crippen LogP contribution in [0.1, 0.15) is 16.2 Å². The van der Waals surface area contributed by atoms with Crippen molar-refractivity contribution in [2.75, 3.05) is 5.32 Å². The van der Waals surface area contributed by atoms with Crippen LogP contribution >= 0.6 is 38.9 Å². The molecule has 0 unspecified atom stereocenters. The fourth-order valence-corrected chi connectivity index (χ4v) is 4.14. The average Bonchev–Trinajstić information content (AvgIpc) is 3.43. The van der Waals surface area contributed by atoms with E-state index in [1.165, 1.54) is 17.4 Å². The van der Waals surface area contributed by atoms with Gasteiger partial charge in [-0.3, -0.25) is 10.1 Å². The van der Waals surface area contributed by atoms with E-state index >= 15 is 0 Å². The summed E-state index contributed by atoms with van der Waals surface area (Å²) in [5.74, 6) is 0.473. The molecule has 32 heavy (non-hydrogen) atoms. The van der Waals surface area contributed by atoms with E-state index in [2.05, 4.69) is 26.2 Å². The molecule has 4 rings (SSSR count). The largest absolute Gasteiger partial charge is 0.457 e. The molecule has 0 atom stereocenters. The molecular formula is C24H15BrClN3O2S. The van der Waals surface area contributed by atoms with Crippen LogP contribution in [-0.2, 0) is 11.2 Å². The number of nitrogens with zero attached hydrogens (tertiary/aromatic N) is 2. The van der Waals surface area contributed by atoms with E-state index in [0.717, 1.165) is 20.5 Å². The standard InChI is InChI=1S/C24H15BrClN3O2S/c25-18-5-1-15(2-6-18)11-21-14-28-24(32-21)29-23(30)17(13-27)12-20-9-10-22(31-20)16-3-7-19(26)8-4-16/h1-10,12,14H,11H2,(H,28,29,30)/b17-12-. The Labute approximate surface area is 202 Å². The molecule has 2 aromatic carbocycles. The van der Waals surface area contributed by atoms with E-state index in [-0.39, 0.29) is 5.57 Å². The van der Waals surface area contributed by atoms with Gasteiger partial charge < -0.3 is 4.42 Å². The first-order valence-corrected chi connectivity index (χ1v) is 11.5. The van der Waals surface area contributed by atoms with E-state index in [1.807, 2.05) is 42.5 Å². The molecule has 5 nitrogen and oxygen atoms in total. The van der Waals surface area contributed by atoms with Gasteiger partial charge in [0.1, 0.15) is 23.2 Å². The molecular weight excluding hydrogens is 510 g/mol. The highest BCUT2D eigenvalue weighted by atomic mass is 79.9. The third kappa shape index (κ3) is 5.54. The molecule has 0 aliphatic carbocycles. The fraction of sp³-hybridized carbons (Fsp3) is 0.0417. The summed E-state index contributed by atoms with van der Waals surface area (Å²) in [7, 11) is 0. The van der Waals surface area contributed by atoms with Crippen LogP contribution in [0.4, 0.5) is 5.13 Å². The third-order valence-corrected chi connectivity index (χ3v) is 6.17. The van der Waals surface area contributed by atoms with Crippen molar-refractivity contribution in [1.29, 1.82) is 5.26 Å². The number of anilines is 1. The van der Waals surface area contributed by atoms with E-state index in [1.54, 1.807) is 30.5 Å². The van der Waals surface area contributed by atoms with Gasteiger partial charge in [0.05, 0.1) is 0 Å². The van der Waals surface area contributed by atoms with Crippen molar-refractivity contribution in [3.05, 3.63) is 98.1 Å². The summed E-state index contributed by atoms with van der Waals surface area (Å²) < 4.78 is 6.77. The van der Waals surface area contributed by atoms with Crippen LogP contribution in [0.15, 0.2) is 81.3 Å². The van der Waals surface area contributed by atoms with Gasteiger partial charge in [-0.05, 0) is 54.1 Å². The van der Waals surface area contributed by atoms with Crippen molar-refractivity contribution in [3.8, 4) is 17.4 Å². The molecule has 0 fully saturated rings. The van der Waals surface area contributed by atoms with Gasteiger partial charge >= 0.3 is 0 Å². The van der Waals surface area contributed by atoms with Gasteiger partial charge in [-0.15, -0.1) is 11.3 Å². The van der Waals surface area contributed by atoms with E-state index < -0.39 is 5.91 Å². The van der Waals surface area contributed by atoms with Gasteiger partial charge in [-0.2, -0.15) is 5.26 Å². The monoisotopic (exact) mass is 523 g/mol. The maximum Gasteiger partial charge on any atom is 0.268 e. The lowest BCUT2D eigenvalue weighted by Gasteiger charge is -2.00. The van der Waals surface area contributed by atoms with E-state index in [9.17, 15) is 10.1 Å². The Bertz CT molecular complexity index is 1320. The predicted octanol–water partition coefficient (Wildman–Crippen LogP) is 6.96. The minimum absolute atomic E-state index is 0.0772. The molecule has 0 bridgehead atoms. The third-order valence-electron chi connectivity index (χ3n) is 4.47. The van der Waals surface area contributed by atoms with Gasteiger partial charge in [0.25, 0.3) is 5.91 Å². The first-order valence-electron chi connectivity index (χ1n) is 9.48. The Morgan fingerprint density at radius 1 is 1.16 bits per heavy atom. The molecule has 0 saturated heterocycles. The Hall–Kier alpha value is -3.18. The number of hydrogen-bond donors (Lipinski definition) is 1. The second-order valence-corrected chi connectivity index (χ2v) is 9.24. The zero-order valence-electron chi connectivity index (χ0n) is 16.5. The molecule has 0 saturated carbocycles. The molecule has 2 aromatic heterocycles. The minimum atomic E-state index is -0.540. The van der Waals surface area contributed by atoms with Crippen LogP contribution in [0.25, 0.3) is 17.4 Å². The Kier molecular flexibility index (Phi) is 6.86. The molecule has 4 aromatic rings. The molecule has 1 N–H and O–H groups in total. The molecule has 2 heterocycles. The number of thiazole rings is 1. The molecule has 0 spiro atoms. The van der Waals surface area contributed by atoms with Crippen molar-refractivity contribution in [2.45, 2.75) is 6.42 Å². The maximum atomic E-state index is 12.6. The zero-order valence-corrected chi connectivity index (χ0v) is 19.7. The van der Waals surface area contributed by atoms with Crippen molar-refractivity contribution in [2.24, 2.45) is 0 Å². The molecule has 0 radical (unpaired) electrons. The number of benzene rings is 2. The van der Waals surface area contributed by atoms with Gasteiger partial charge in [0.2, 0.25) is 0 Å². The SMILES string of the molecule is N#C/C(=C/c1ccc(-c2ccc(Cl)cc2)o1)C(=O)Nc1ncc(Cc2ccc(Br)cc2)s1. The number of carbonyl (C=O) groups is 1. The predicted molar refractivity (Wildman–Crippen MR) is 130 cm³/mol. The smallest absolute Gasteiger partial charge is 0.268 e. The number of nitrogens with one attached hydrogen (secondary N) is 1. The van der Waals surface area contributed by atoms with Crippen LogP contribution in [0.5, 0.6) is 0 Å². The fourth-order valence-electron chi connectivity index (χ4n) is 2.91. The molecule has 0 aliphatic rings. The van der Waals surface area contributed by atoms with Crippen LogP contribution in [-0.4, -0.2) is 10.9 Å².